The maximum atomic E-state index is 14.0. The molecule has 6 nitrogen and oxygen atoms in total. The summed E-state index contributed by atoms with van der Waals surface area (Å²) in [4.78, 5) is 12.8. The van der Waals surface area contributed by atoms with Crippen molar-refractivity contribution in [3.05, 3.63) is 40.6 Å². The molecule has 2 aromatic heterocycles. The van der Waals surface area contributed by atoms with Gasteiger partial charge in [-0.3, -0.25) is 4.57 Å². The van der Waals surface area contributed by atoms with Crippen molar-refractivity contribution in [1.29, 1.82) is 0 Å². The highest BCUT2D eigenvalue weighted by molar-refractivity contribution is 9.10. The molecule has 1 aliphatic rings. The monoisotopic (exact) mass is 427 g/mol. The molecule has 1 aromatic carbocycles. The SMILES string of the molecule is Fc1ccc(Nc2nc(Br)nc3c2ncn3C2CCCCO2)c(F)c1F. The second-order valence-corrected chi connectivity index (χ2v) is 6.54. The highest BCUT2D eigenvalue weighted by atomic mass is 79.9. The first-order valence-electron chi connectivity index (χ1n) is 7.97. The lowest BCUT2D eigenvalue weighted by molar-refractivity contribution is -0.0298. The molecule has 10 heteroatoms. The molecule has 1 N–H and O–H groups in total. The number of anilines is 2. The van der Waals surface area contributed by atoms with Crippen LogP contribution in [-0.4, -0.2) is 26.1 Å². The summed E-state index contributed by atoms with van der Waals surface area (Å²) < 4.78 is 48.3. The Balaban J connectivity index is 1.76. The fourth-order valence-corrected chi connectivity index (χ4v) is 3.23. The minimum atomic E-state index is -1.56. The average Bonchev–Trinajstić information content (AvgIpc) is 3.07. The van der Waals surface area contributed by atoms with E-state index in [1.165, 1.54) is 0 Å². The molecule has 0 amide bonds. The van der Waals surface area contributed by atoms with Crippen molar-refractivity contribution in [2.75, 3.05) is 11.9 Å². The van der Waals surface area contributed by atoms with E-state index in [2.05, 4.69) is 36.2 Å². The highest BCUT2D eigenvalue weighted by Gasteiger charge is 2.22. The fourth-order valence-electron chi connectivity index (χ4n) is 2.88. The molecule has 1 atom stereocenters. The normalized spacial score (nSPS) is 17.6. The molecule has 0 saturated carbocycles. The van der Waals surface area contributed by atoms with Crippen LogP contribution in [0.2, 0.25) is 0 Å². The molecular formula is C16H13BrF3N5O. The van der Waals surface area contributed by atoms with Crippen LogP contribution < -0.4 is 5.32 Å². The van der Waals surface area contributed by atoms with Gasteiger partial charge in [0.1, 0.15) is 6.23 Å². The molecule has 1 unspecified atom stereocenters. The predicted molar refractivity (Wildman–Crippen MR) is 91.5 cm³/mol. The Kier molecular flexibility index (Phi) is 4.53. The van der Waals surface area contributed by atoms with Crippen molar-refractivity contribution in [1.82, 2.24) is 19.5 Å². The Labute approximate surface area is 154 Å². The van der Waals surface area contributed by atoms with E-state index in [0.29, 0.717) is 17.8 Å². The van der Waals surface area contributed by atoms with Crippen molar-refractivity contribution in [3.8, 4) is 0 Å². The van der Waals surface area contributed by atoms with Crippen molar-refractivity contribution in [2.24, 2.45) is 0 Å². The molecule has 1 fully saturated rings. The van der Waals surface area contributed by atoms with Crippen molar-refractivity contribution in [2.45, 2.75) is 25.5 Å². The lowest BCUT2D eigenvalue weighted by atomic mass is 10.2. The third-order valence-corrected chi connectivity index (χ3v) is 4.50. The Bertz CT molecular complexity index is 974. The van der Waals surface area contributed by atoms with E-state index in [-0.39, 0.29) is 22.5 Å². The zero-order valence-electron chi connectivity index (χ0n) is 13.3. The van der Waals surface area contributed by atoms with Gasteiger partial charge in [0.05, 0.1) is 12.0 Å². The van der Waals surface area contributed by atoms with E-state index < -0.39 is 17.5 Å². The number of fused-ring (bicyclic) bond motifs is 1. The maximum Gasteiger partial charge on any atom is 0.200 e. The number of nitrogens with one attached hydrogen (secondary N) is 1. The van der Waals surface area contributed by atoms with E-state index in [1.807, 2.05) is 0 Å². The summed E-state index contributed by atoms with van der Waals surface area (Å²) in [6.45, 7) is 0.655. The maximum absolute atomic E-state index is 14.0. The number of hydrogen-bond acceptors (Lipinski definition) is 5. The number of benzene rings is 1. The Morgan fingerprint density at radius 2 is 2.00 bits per heavy atom. The van der Waals surface area contributed by atoms with E-state index in [4.69, 9.17) is 4.74 Å². The number of halogens is 4. The van der Waals surface area contributed by atoms with Crippen LogP contribution in [0.5, 0.6) is 0 Å². The van der Waals surface area contributed by atoms with E-state index in [0.717, 1.165) is 31.4 Å². The first-order valence-corrected chi connectivity index (χ1v) is 8.76. The first kappa shape index (κ1) is 17.2. The third-order valence-electron chi connectivity index (χ3n) is 4.15. The molecule has 1 saturated heterocycles. The summed E-state index contributed by atoms with van der Waals surface area (Å²) in [5.41, 5.74) is 0.607. The van der Waals surface area contributed by atoms with Crippen molar-refractivity contribution >= 4 is 38.6 Å². The second-order valence-electron chi connectivity index (χ2n) is 5.83. The molecule has 26 heavy (non-hydrogen) atoms. The molecule has 0 spiro atoms. The molecule has 3 aromatic rings. The molecule has 136 valence electrons. The molecule has 3 heterocycles. The minimum Gasteiger partial charge on any atom is -0.358 e. The van der Waals surface area contributed by atoms with Crippen LogP contribution in [0.25, 0.3) is 11.2 Å². The molecule has 4 rings (SSSR count). The van der Waals surface area contributed by atoms with Crippen LogP contribution in [0.15, 0.2) is 23.2 Å². The van der Waals surface area contributed by atoms with Crippen molar-refractivity contribution in [3.63, 3.8) is 0 Å². The van der Waals surface area contributed by atoms with Crippen molar-refractivity contribution < 1.29 is 17.9 Å². The van der Waals surface area contributed by atoms with Gasteiger partial charge in [-0.05, 0) is 47.3 Å². The number of nitrogens with zero attached hydrogens (tertiary/aromatic N) is 4. The number of imidazole rings is 1. The second kappa shape index (κ2) is 6.84. The van der Waals surface area contributed by atoms with Crippen LogP contribution in [0.3, 0.4) is 0 Å². The summed E-state index contributed by atoms with van der Waals surface area (Å²) in [6, 6.07) is 1.93. The lowest BCUT2D eigenvalue weighted by Gasteiger charge is -2.23. The summed E-state index contributed by atoms with van der Waals surface area (Å²) in [5.74, 6) is -3.98. The highest BCUT2D eigenvalue weighted by Crippen LogP contribution is 2.31. The number of aromatic nitrogens is 4. The first-order chi connectivity index (χ1) is 12.5. The van der Waals surface area contributed by atoms with E-state index >= 15 is 0 Å². The van der Waals surface area contributed by atoms with Crippen LogP contribution in [0.1, 0.15) is 25.5 Å². The Morgan fingerprint density at radius 3 is 2.77 bits per heavy atom. The standard InChI is InChI=1S/C16H13BrF3N5O/c17-16-23-14(22-9-5-4-8(18)11(19)12(9)20)13-15(24-16)25(7-21-13)10-3-1-2-6-26-10/h4-5,7,10H,1-3,6H2,(H,22,23,24). The average molecular weight is 428 g/mol. The summed E-state index contributed by atoms with van der Waals surface area (Å²) >= 11 is 3.21. The van der Waals surface area contributed by atoms with Crippen LogP contribution >= 0.6 is 15.9 Å². The van der Waals surface area contributed by atoms with Gasteiger partial charge in [-0.2, -0.15) is 0 Å². The fraction of sp³-hybridized carbons (Fsp3) is 0.312. The van der Waals surface area contributed by atoms with Gasteiger partial charge in [-0.1, -0.05) is 0 Å². The Morgan fingerprint density at radius 1 is 1.15 bits per heavy atom. The predicted octanol–water partition coefficient (Wildman–Crippen LogP) is 4.45. The van der Waals surface area contributed by atoms with Gasteiger partial charge in [0, 0.05) is 6.61 Å². The van der Waals surface area contributed by atoms with Crippen LogP contribution in [0, 0.1) is 17.5 Å². The molecule has 0 bridgehead atoms. The largest absolute Gasteiger partial charge is 0.358 e. The van der Waals surface area contributed by atoms with Gasteiger partial charge >= 0.3 is 0 Å². The lowest BCUT2D eigenvalue weighted by Crippen LogP contribution is -2.17. The van der Waals surface area contributed by atoms with Crippen LogP contribution in [-0.2, 0) is 4.74 Å². The van der Waals surface area contributed by atoms with Gasteiger partial charge in [0.2, 0.25) is 4.73 Å². The number of rotatable bonds is 3. The van der Waals surface area contributed by atoms with Gasteiger partial charge in [0.25, 0.3) is 0 Å². The summed E-state index contributed by atoms with van der Waals surface area (Å²) in [6.07, 6.45) is 4.25. The van der Waals surface area contributed by atoms with Gasteiger partial charge in [0.15, 0.2) is 34.4 Å². The number of ether oxygens (including phenoxy) is 1. The zero-order chi connectivity index (χ0) is 18.3. The quantitative estimate of drug-likeness (QED) is 0.494. The van der Waals surface area contributed by atoms with Gasteiger partial charge in [-0.15, -0.1) is 0 Å². The molecule has 0 radical (unpaired) electrons. The smallest absolute Gasteiger partial charge is 0.200 e. The van der Waals surface area contributed by atoms with Gasteiger partial charge in [-0.25, -0.2) is 28.1 Å². The van der Waals surface area contributed by atoms with Crippen LogP contribution in [0.4, 0.5) is 24.7 Å². The topological polar surface area (TPSA) is 64.9 Å². The molecule has 1 aliphatic heterocycles. The third kappa shape index (κ3) is 3.03. The number of hydrogen-bond donors (Lipinski definition) is 1. The summed E-state index contributed by atoms with van der Waals surface area (Å²) in [5, 5.41) is 2.66. The summed E-state index contributed by atoms with van der Waals surface area (Å²) in [7, 11) is 0. The minimum absolute atomic E-state index is 0.168. The van der Waals surface area contributed by atoms with Gasteiger partial charge < -0.3 is 10.1 Å². The van der Waals surface area contributed by atoms with E-state index in [9.17, 15) is 13.2 Å². The van der Waals surface area contributed by atoms with E-state index in [1.54, 1.807) is 10.9 Å². The Hall–Kier alpha value is -2.20. The zero-order valence-corrected chi connectivity index (χ0v) is 14.9. The molecular weight excluding hydrogens is 415 g/mol. The molecule has 0 aliphatic carbocycles.